The van der Waals surface area contributed by atoms with Gasteiger partial charge in [0.25, 0.3) is 18.3 Å². The molecule has 0 aliphatic carbocycles. The van der Waals surface area contributed by atoms with Gasteiger partial charge in [-0.1, -0.05) is 23.2 Å². The number of carbonyl (C=O) groups excluding carboxylic acids is 4. The number of benzene rings is 2. The van der Waals surface area contributed by atoms with Gasteiger partial charge >= 0.3 is 5.97 Å². The van der Waals surface area contributed by atoms with Gasteiger partial charge in [0.2, 0.25) is 5.91 Å². The molecule has 3 aliphatic heterocycles. The molecule has 290 valence electrons. The third kappa shape index (κ3) is 8.94. The number of quaternary nitrogens is 1. The summed E-state index contributed by atoms with van der Waals surface area (Å²) in [6.45, 7) is 5.54. The molecule has 54 heavy (non-hydrogen) atoms. The lowest BCUT2D eigenvalue weighted by Gasteiger charge is -2.40. The quantitative estimate of drug-likeness (QED) is 0.194. The number of piperazine rings is 1. The van der Waals surface area contributed by atoms with Crippen molar-refractivity contribution < 1.29 is 47.4 Å². The third-order valence-electron chi connectivity index (χ3n) is 10.1. The Hall–Kier alpha value is -4.77. The average molecular weight is 792 g/mol. The van der Waals surface area contributed by atoms with Crippen LogP contribution >= 0.6 is 23.2 Å². The number of halogens is 3. The van der Waals surface area contributed by atoms with Gasteiger partial charge in [0, 0.05) is 69.9 Å². The van der Waals surface area contributed by atoms with Crippen molar-refractivity contribution in [3.8, 4) is 17.0 Å². The summed E-state index contributed by atoms with van der Waals surface area (Å²) in [6.07, 6.45) is 2.07. The van der Waals surface area contributed by atoms with Crippen LogP contribution in [0.15, 0.2) is 36.5 Å². The molecule has 3 fully saturated rings. The first-order chi connectivity index (χ1) is 25.8. The maximum atomic E-state index is 14.5. The number of anilines is 1. The Morgan fingerprint density at radius 1 is 1.09 bits per heavy atom. The molecule has 3 saturated heterocycles. The number of imidazole rings is 1. The second-order valence-corrected chi connectivity index (χ2v) is 14.3. The Bertz CT molecular complexity index is 1900. The lowest BCUT2D eigenvalue weighted by Crippen LogP contribution is -2.58. The molecule has 0 saturated carbocycles. The molecule has 2 aromatic carbocycles. The zero-order valence-corrected chi connectivity index (χ0v) is 31.7. The Kier molecular flexibility index (Phi) is 13.2. The van der Waals surface area contributed by atoms with Crippen molar-refractivity contribution in [3.63, 3.8) is 0 Å². The van der Waals surface area contributed by atoms with Gasteiger partial charge in [-0.05, 0) is 30.3 Å². The van der Waals surface area contributed by atoms with E-state index in [1.807, 2.05) is 0 Å². The van der Waals surface area contributed by atoms with E-state index < -0.39 is 17.7 Å². The van der Waals surface area contributed by atoms with Crippen molar-refractivity contribution in [2.75, 3.05) is 85.0 Å². The van der Waals surface area contributed by atoms with Crippen LogP contribution in [-0.2, 0) is 26.2 Å². The van der Waals surface area contributed by atoms with Gasteiger partial charge in [-0.15, -0.1) is 0 Å². The highest BCUT2D eigenvalue weighted by Gasteiger charge is 2.46. The molecule has 6 rings (SSSR count). The number of hydrogen-bond donors (Lipinski definition) is 3. The van der Waals surface area contributed by atoms with E-state index in [1.54, 1.807) is 29.0 Å². The minimum Gasteiger partial charge on any atom is -0.494 e. The fourth-order valence-electron chi connectivity index (χ4n) is 7.24. The first kappa shape index (κ1) is 40.4. The molecule has 0 radical (unpaired) electrons. The SMILES string of the molecule is COC=O.COc1ccc(-c2cnc(C(=O)Nc3ccc(C(=O)N4CCN(C(=O)C5CC[N+](CC(=O)O)(CC6CNC6)C5)CC4)c(Cl)c3)n2C)c(Cl)c1F. The summed E-state index contributed by atoms with van der Waals surface area (Å²) in [5.41, 5.74) is 1.35. The van der Waals surface area contributed by atoms with Crippen molar-refractivity contribution in [2.45, 2.75) is 6.42 Å². The lowest BCUT2D eigenvalue weighted by molar-refractivity contribution is -0.914. The second kappa shape index (κ2) is 17.6. The normalized spacial score (nSPS) is 19.6. The predicted octanol–water partition coefficient (Wildman–Crippen LogP) is 3.01. The number of ether oxygens (including phenoxy) is 2. The number of likely N-dealkylation sites (tertiary alicyclic amines) is 1. The number of hydrogen-bond acceptors (Lipinski definition) is 9. The molecule has 3 aromatic rings. The van der Waals surface area contributed by atoms with Crippen LogP contribution < -0.4 is 15.4 Å². The number of carbonyl (C=O) groups is 5. The van der Waals surface area contributed by atoms with Gasteiger partial charge in [0.05, 0.1) is 67.3 Å². The summed E-state index contributed by atoms with van der Waals surface area (Å²) in [5, 5.41) is 15.5. The first-order valence-corrected chi connectivity index (χ1v) is 18.0. The number of carboxylic acids is 1. The van der Waals surface area contributed by atoms with E-state index in [2.05, 4.69) is 20.4 Å². The smallest absolute Gasteiger partial charge is 0.359 e. The molecular weight excluding hydrogens is 748 g/mol. The Morgan fingerprint density at radius 3 is 2.37 bits per heavy atom. The van der Waals surface area contributed by atoms with Gasteiger partial charge in [-0.2, -0.15) is 0 Å². The van der Waals surface area contributed by atoms with Crippen molar-refractivity contribution in [2.24, 2.45) is 18.9 Å². The molecule has 3 N–H and O–H groups in total. The standard InChI is InChI=1S/C34H38Cl2FN7O6.C2H4O2/c1-41-26(24-5-6-27(50-2)30(37)29(24)36)16-39-31(41)32(47)40-22-3-4-23(25(35)13-22)34(49)43-10-8-42(9-11-43)33(48)21-7-12-44(18-21,19-28(45)46)17-20-14-38-15-20;1-4-2-3/h3-6,13,16,20-21,38H,7-12,14-15,17-19H2,1-2H3,(H-,40,45,46,47,49);2H,1H3/p+1. The van der Waals surface area contributed by atoms with E-state index in [0.29, 0.717) is 79.5 Å². The van der Waals surface area contributed by atoms with Crippen LogP contribution in [0.1, 0.15) is 27.4 Å². The zero-order valence-electron chi connectivity index (χ0n) is 30.1. The van der Waals surface area contributed by atoms with Crippen molar-refractivity contribution in [1.82, 2.24) is 24.7 Å². The molecule has 1 aromatic heterocycles. The number of aliphatic carboxylic acids is 1. The summed E-state index contributed by atoms with van der Waals surface area (Å²) in [6, 6.07) is 7.60. The van der Waals surface area contributed by atoms with Crippen molar-refractivity contribution >= 4 is 59.1 Å². The highest BCUT2D eigenvalue weighted by molar-refractivity contribution is 6.34. The minimum atomic E-state index is -0.844. The molecule has 3 amide bonds. The number of rotatable bonds is 11. The summed E-state index contributed by atoms with van der Waals surface area (Å²) < 4.78 is 25.3. The predicted molar refractivity (Wildman–Crippen MR) is 197 cm³/mol. The third-order valence-corrected chi connectivity index (χ3v) is 10.7. The summed E-state index contributed by atoms with van der Waals surface area (Å²) in [7, 11) is 4.25. The molecule has 2 atom stereocenters. The summed E-state index contributed by atoms with van der Waals surface area (Å²) in [5.74, 6) is -2.16. The molecule has 0 spiro atoms. The van der Waals surface area contributed by atoms with E-state index in [0.717, 1.165) is 19.6 Å². The van der Waals surface area contributed by atoms with Crippen molar-refractivity contribution in [3.05, 3.63) is 63.8 Å². The average Bonchev–Trinajstić information content (AvgIpc) is 3.73. The monoisotopic (exact) mass is 790 g/mol. The Labute approximate surface area is 321 Å². The van der Waals surface area contributed by atoms with E-state index in [1.165, 1.54) is 43.2 Å². The first-order valence-electron chi connectivity index (χ1n) is 17.3. The number of methoxy groups -OCH3 is 2. The van der Waals surface area contributed by atoms with E-state index >= 15 is 0 Å². The van der Waals surface area contributed by atoms with E-state index in [4.69, 9.17) is 32.7 Å². The lowest BCUT2D eigenvalue weighted by atomic mass is 10.0. The highest BCUT2D eigenvalue weighted by atomic mass is 35.5. The molecule has 3 aliphatic rings. The van der Waals surface area contributed by atoms with Crippen LogP contribution in [0, 0.1) is 17.7 Å². The van der Waals surface area contributed by atoms with Crippen LogP contribution in [0.5, 0.6) is 5.75 Å². The number of amides is 3. The molecule has 15 nitrogen and oxygen atoms in total. The Balaban J connectivity index is 0.00000133. The van der Waals surface area contributed by atoms with Gasteiger partial charge in [-0.25, -0.2) is 14.2 Å². The van der Waals surface area contributed by atoms with E-state index in [9.17, 15) is 28.7 Å². The Morgan fingerprint density at radius 2 is 1.78 bits per heavy atom. The molecule has 0 bridgehead atoms. The highest BCUT2D eigenvalue weighted by Crippen LogP contribution is 2.35. The number of carboxylic acid groups (broad SMARTS) is 1. The van der Waals surface area contributed by atoms with Crippen LogP contribution in [0.25, 0.3) is 11.3 Å². The van der Waals surface area contributed by atoms with Gasteiger partial charge < -0.3 is 44.1 Å². The maximum Gasteiger partial charge on any atom is 0.359 e. The number of aromatic nitrogens is 2. The summed E-state index contributed by atoms with van der Waals surface area (Å²) in [4.78, 5) is 68.3. The van der Waals surface area contributed by atoms with Gasteiger partial charge in [0.15, 0.2) is 23.9 Å². The largest absolute Gasteiger partial charge is 0.494 e. The van der Waals surface area contributed by atoms with Crippen LogP contribution in [0.3, 0.4) is 0 Å². The molecule has 2 unspecified atom stereocenters. The van der Waals surface area contributed by atoms with Gasteiger partial charge in [0.1, 0.15) is 0 Å². The summed E-state index contributed by atoms with van der Waals surface area (Å²) >= 11 is 12.8. The number of nitrogens with one attached hydrogen (secondary N) is 2. The van der Waals surface area contributed by atoms with Crippen molar-refractivity contribution in [1.29, 1.82) is 0 Å². The van der Waals surface area contributed by atoms with Crippen LogP contribution in [-0.4, -0.2) is 139 Å². The van der Waals surface area contributed by atoms with Gasteiger partial charge in [-0.3, -0.25) is 19.2 Å². The van der Waals surface area contributed by atoms with Crippen LogP contribution in [0.2, 0.25) is 10.0 Å². The van der Waals surface area contributed by atoms with E-state index in [-0.39, 0.29) is 51.5 Å². The fraction of sp³-hybridized carbons (Fsp3) is 0.444. The molecule has 4 heterocycles. The topological polar surface area (TPSA) is 172 Å². The molecule has 18 heteroatoms. The molecular formula is C36H43Cl2FN7O8+. The fourth-order valence-corrected chi connectivity index (χ4v) is 7.75. The maximum absolute atomic E-state index is 14.5. The van der Waals surface area contributed by atoms with Crippen LogP contribution in [0.4, 0.5) is 10.1 Å². The number of nitrogens with zero attached hydrogens (tertiary/aromatic N) is 5. The minimum absolute atomic E-state index is 0.00628. The second-order valence-electron chi connectivity index (χ2n) is 13.6. The zero-order chi connectivity index (χ0) is 39.2.